The molecule has 56 heavy (non-hydrogen) atoms. The van der Waals surface area contributed by atoms with Crippen LogP contribution in [0.3, 0.4) is 0 Å². The van der Waals surface area contributed by atoms with Crippen molar-refractivity contribution >= 4 is 17.8 Å². The molecular weight excluding hydrogens is 736 g/mol. The number of amides is 2. The van der Waals surface area contributed by atoms with Crippen LogP contribution in [0, 0.1) is 5.92 Å². The number of hydrogen-bond donors (Lipinski definition) is 8. The Morgan fingerprint density at radius 2 is 1.27 bits per heavy atom. The van der Waals surface area contributed by atoms with Crippen molar-refractivity contribution in [2.75, 3.05) is 13.2 Å². The second kappa shape index (κ2) is 15.6. The van der Waals surface area contributed by atoms with Gasteiger partial charge in [-0.2, -0.15) is 0 Å². The predicted molar refractivity (Wildman–Crippen MR) is 190 cm³/mol. The molecule has 0 bridgehead atoms. The normalized spacial score (nSPS) is 31.7. The lowest BCUT2D eigenvalue weighted by atomic mass is 9.77. The number of nitrogens with one attached hydrogen (secondary N) is 2. The summed E-state index contributed by atoms with van der Waals surface area (Å²) < 4.78 is 36.6. The maximum atomic E-state index is 13.4. The summed E-state index contributed by atoms with van der Waals surface area (Å²) in [5.74, 6) is -1.39. The fourth-order valence-electron chi connectivity index (χ4n) is 7.34. The summed E-state index contributed by atoms with van der Waals surface area (Å²) in [6.45, 7) is 3.61. The largest absolute Gasteiger partial charge is 0.462 e. The minimum atomic E-state index is -1.56. The van der Waals surface area contributed by atoms with Gasteiger partial charge in [-0.1, -0.05) is 39.0 Å². The van der Waals surface area contributed by atoms with Gasteiger partial charge in [0.15, 0.2) is 5.60 Å². The molecule has 3 aromatic rings. The van der Waals surface area contributed by atoms with E-state index in [4.69, 9.17) is 28.4 Å². The highest BCUT2D eigenvalue weighted by molar-refractivity contribution is 5.97. The van der Waals surface area contributed by atoms with Crippen molar-refractivity contribution in [2.24, 2.45) is 5.92 Å². The number of carbonyl (C=O) groups is 3. The quantitative estimate of drug-likeness (QED) is 0.125. The number of ether oxygens (including phenoxy) is 6. The Labute approximate surface area is 320 Å². The number of aliphatic hydroxyl groups is 6. The number of rotatable bonds is 10. The van der Waals surface area contributed by atoms with E-state index in [2.05, 4.69) is 10.6 Å². The van der Waals surface area contributed by atoms with E-state index in [0.29, 0.717) is 22.3 Å². The van der Waals surface area contributed by atoms with Crippen LogP contribution in [0.4, 0.5) is 0 Å². The zero-order valence-electron chi connectivity index (χ0n) is 30.6. The van der Waals surface area contributed by atoms with Crippen molar-refractivity contribution in [1.82, 2.24) is 10.6 Å². The minimum absolute atomic E-state index is 0.0696. The first kappa shape index (κ1) is 39.4. The van der Waals surface area contributed by atoms with E-state index in [9.17, 15) is 45.0 Å². The molecule has 0 radical (unpaired) electrons. The average Bonchev–Trinajstić information content (AvgIpc) is 3.48. The lowest BCUT2D eigenvalue weighted by Gasteiger charge is -2.42. The van der Waals surface area contributed by atoms with Crippen molar-refractivity contribution in [3.63, 3.8) is 0 Å². The Morgan fingerprint density at radius 1 is 0.750 bits per heavy atom. The van der Waals surface area contributed by atoms with Crippen LogP contribution in [0.15, 0.2) is 60.7 Å². The molecule has 0 aliphatic carbocycles. The lowest BCUT2D eigenvalue weighted by Crippen LogP contribution is -2.65. The minimum Gasteiger partial charge on any atom is -0.462 e. The Kier molecular flexibility index (Phi) is 11.0. The molecule has 2 fully saturated rings. The second-order valence-corrected chi connectivity index (χ2v) is 14.3. The molecule has 3 aromatic carbocycles. The number of esters is 1. The van der Waals surface area contributed by atoms with Crippen LogP contribution in [-0.2, 0) is 29.4 Å². The van der Waals surface area contributed by atoms with Gasteiger partial charge in [-0.3, -0.25) is 9.59 Å². The van der Waals surface area contributed by atoms with Crippen molar-refractivity contribution in [3.8, 4) is 23.0 Å². The molecule has 8 N–H and O–H groups in total. The van der Waals surface area contributed by atoms with E-state index in [0.717, 1.165) is 0 Å². The first-order valence-corrected chi connectivity index (χ1v) is 18.3. The van der Waals surface area contributed by atoms with Crippen LogP contribution in [0.1, 0.15) is 54.2 Å². The molecule has 4 aliphatic rings. The average molecular weight is 781 g/mol. The fraction of sp³-hybridized carbons (Fsp3) is 0.462. The predicted octanol–water partition coefficient (Wildman–Crippen LogP) is -0.0742. The summed E-state index contributed by atoms with van der Waals surface area (Å²) in [5, 5.41) is 67.9. The van der Waals surface area contributed by atoms with Crippen molar-refractivity contribution in [1.29, 1.82) is 0 Å². The monoisotopic (exact) mass is 780 g/mol. The maximum absolute atomic E-state index is 13.4. The Bertz CT molecular complexity index is 1980. The van der Waals surface area contributed by atoms with Gasteiger partial charge >= 0.3 is 5.97 Å². The van der Waals surface area contributed by atoms with Gasteiger partial charge in [0.25, 0.3) is 0 Å². The molecule has 17 heteroatoms. The van der Waals surface area contributed by atoms with Crippen LogP contribution in [0.5, 0.6) is 23.0 Å². The molecule has 7 unspecified atom stereocenters. The van der Waals surface area contributed by atoms with Gasteiger partial charge in [-0.25, -0.2) is 4.79 Å². The first-order valence-electron chi connectivity index (χ1n) is 18.3. The Balaban J connectivity index is 1.26. The van der Waals surface area contributed by atoms with Gasteiger partial charge in [-0.15, -0.1) is 0 Å². The fourth-order valence-corrected chi connectivity index (χ4v) is 7.34. The van der Waals surface area contributed by atoms with Gasteiger partial charge < -0.3 is 69.7 Å². The molecule has 2 saturated heterocycles. The number of benzene rings is 3. The van der Waals surface area contributed by atoms with E-state index in [-0.39, 0.29) is 29.4 Å². The van der Waals surface area contributed by atoms with Crippen LogP contribution in [0.25, 0.3) is 0 Å². The van der Waals surface area contributed by atoms with Gasteiger partial charge in [0, 0.05) is 41.2 Å². The van der Waals surface area contributed by atoms with E-state index >= 15 is 0 Å². The summed E-state index contributed by atoms with van der Waals surface area (Å²) >= 11 is 0. The summed E-state index contributed by atoms with van der Waals surface area (Å²) in [5.41, 5.74) is 0.161. The van der Waals surface area contributed by atoms with Crippen molar-refractivity contribution in [2.45, 2.75) is 94.1 Å². The van der Waals surface area contributed by atoms with E-state index < -0.39 is 104 Å². The lowest BCUT2D eigenvalue weighted by molar-refractivity contribution is -0.244. The molecule has 300 valence electrons. The third-order valence-electron chi connectivity index (χ3n) is 10.4. The summed E-state index contributed by atoms with van der Waals surface area (Å²) in [6, 6.07) is 13.7. The van der Waals surface area contributed by atoms with Gasteiger partial charge in [-0.05, 0) is 30.3 Å². The number of aliphatic hydroxyl groups excluding tert-OH is 6. The van der Waals surface area contributed by atoms with E-state index in [1.807, 2.05) is 0 Å². The zero-order chi connectivity index (χ0) is 40.1. The maximum Gasteiger partial charge on any atom is 0.340 e. The molecule has 2 amide bonds. The summed E-state index contributed by atoms with van der Waals surface area (Å²) in [7, 11) is 0. The summed E-state index contributed by atoms with van der Waals surface area (Å²) in [4.78, 5) is 38.5. The second-order valence-electron chi connectivity index (χ2n) is 14.3. The molecule has 11 atom stereocenters. The third kappa shape index (κ3) is 6.83. The molecule has 4 heterocycles. The topological polar surface area (TPSA) is 252 Å². The highest BCUT2D eigenvalue weighted by Crippen LogP contribution is 2.57. The third-order valence-corrected chi connectivity index (χ3v) is 10.4. The number of hydrogen-bond acceptors (Lipinski definition) is 15. The molecular formula is C39H44N2O15. The molecule has 7 rings (SSSR count). The summed E-state index contributed by atoms with van der Waals surface area (Å²) in [6.07, 6.45) is -11.3. The van der Waals surface area contributed by atoms with Crippen LogP contribution >= 0.6 is 0 Å². The Morgan fingerprint density at radius 3 is 1.77 bits per heavy atom. The van der Waals surface area contributed by atoms with Gasteiger partial charge in [0.2, 0.25) is 24.4 Å². The Hall–Kier alpha value is -4.85. The van der Waals surface area contributed by atoms with Crippen LogP contribution in [0.2, 0.25) is 0 Å². The number of fused-ring (bicyclic) bond motifs is 6. The SMILES string of the molecule is CCC(=O)N[C@H]1C(O)C(O)C(CO)O[C@H]1Oc1ccc2c(c1)Oc1cc(O[C@@H]3O[C@H](CO)C(O)C(O)C3NC(=O)C(C)C)ccc1C21OC(=O)c2ccccc21. The zero-order valence-corrected chi connectivity index (χ0v) is 30.6. The highest BCUT2D eigenvalue weighted by Gasteiger charge is 2.54. The van der Waals surface area contributed by atoms with Gasteiger partial charge in [0.1, 0.15) is 71.7 Å². The van der Waals surface area contributed by atoms with Crippen molar-refractivity contribution in [3.05, 3.63) is 82.9 Å². The first-order chi connectivity index (χ1) is 26.8. The smallest absolute Gasteiger partial charge is 0.340 e. The van der Waals surface area contributed by atoms with Crippen molar-refractivity contribution < 1.29 is 73.4 Å². The molecule has 4 aliphatic heterocycles. The molecule has 1 spiro atoms. The van der Waals surface area contributed by atoms with Crippen LogP contribution in [-0.4, -0.2) is 123 Å². The van der Waals surface area contributed by atoms with Crippen LogP contribution < -0.4 is 24.8 Å². The molecule has 0 aromatic heterocycles. The molecule has 17 nitrogen and oxygen atoms in total. The van der Waals surface area contributed by atoms with E-state index in [1.54, 1.807) is 69.3 Å². The number of carbonyl (C=O) groups excluding carboxylic acids is 3. The molecule has 0 saturated carbocycles. The standard InChI is InChI=1S/C39H44N2O15/c1-4-28(44)40-29-33(47)31(45)26(15-42)54-37(29)51-18-9-11-22-24(13-18)53-25-14-19(10-12-23(25)39(22)21-8-6-5-7-20(21)36(50)56-39)52-38-30(41-35(49)17(2)3)34(48)32(46)27(16-43)55-38/h5-14,17,26-27,29-34,37-38,42-43,45-48H,4,15-16H2,1-3H3,(H,40,44)(H,41,49)/t26?,27-,29+,30?,31?,32?,33?,34?,37-,38-,39?/m1/s1. The van der Waals surface area contributed by atoms with E-state index in [1.165, 1.54) is 12.1 Å². The van der Waals surface area contributed by atoms with Gasteiger partial charge in [0.05, 0.1) is 18.8 Å². The highest BCUT2D eigenvalue weighted by atomic mass is 16.7.